The van der Waals surface area contributed by atoms with Crippen LogP contribution in [0.15, 0.2) is 67.0 Å². The molecule has 0 saturated heterocycles. The lowest BCUT2D eigenvalue weighted by Crippen LogP contribution is -2.40. The smallest absolute Gasteiger partial charge is 0.255 e. The Morgan fingerprint density at radius 3 is 2.58 bits per heavy atom. The zero-order valence-corrected chi connectivity index (χ0v) is 21.1. The van der Waals surface area contributed by atoms with Crippen LogP contribution in [0, 0.1) is 0 Å². The summed E-state index contributed by atoms with van der Waals surface area (Å²) in [6, 6.07) is 15.6. The summed E-state index contributed by atoms with van der Waals surface area (Å²) in [7, 11) is 0. The number of rotatable bonds is 8. The summed E-state index contributed by atoms with van der Waals surface area (Å²) < 4.78 is 32.5. The van der Waals surface area contributed by atoms with Gasteiger partial charge in [0, 0.05) is 61.6 Å². The lowest BCUT2D eigenvalue weighted by Gasteiger charge is -2.28. The second kappa shape index (κ2) is 10.8. The van der Waals surface area contributed by atoms with E-state index in [1.54, 1.807) is 41.6 Å². The Labute approximate surface area is 220 Å². The van der Waals surface area contributed by atoms with Crippen molar-refractivity contribution in [3.05, 3.63) is 89.4 Å². The number of aromatic nitrogens is 2. The van der Waals surface area contributed by atoms with E-state index in [1.807, 2.05) is 37.3 Å². The van der Waals surface area contributed by atoms with E-state index in [2.05, 4.69) is 15.3 Å². The van der Waals surface area contributed by atoms with Crippen molar-refractivity contribution in [3.8, 4) is 5.88 Å². The number of fused-ring (bicyclic) bond motifs is 1. The lowest BCUT2D eigenvalue weighted by atomic mass is 9.94. The Bertz CT molecular complexity index is 1280. The van der Waals surface area contributed by atoms with Crippen LogP contribution in [0.3, 0.4) is 0 Å². The molecule has 0 bridgehead atoms. The molecule has 2 atom stereocenters. The molecule has 7 nitrogen and oxygen atoms in total. The molecule has 1 aromatic carbocycles. The monoisotopic (exact) mass is 520 g/mol. The predicted molar refractivity (Wildman–Crippen MR) is 137 cm³/mol. The molecule has 2 aliphatic rings. The van der Waals surface area contributed by atoms with Crippen molar-refractivity contribution in [1.82, 2.24) is 20.2 Å². The van der Waals surface area contributed by atoms with Gasteiger partial charge in [-0.05, 0) is 42.2 Å². The van der Waals surface area contributed by atoms with E-state index in [4.69, 9.17) is 4.74 Å². The molecule has 1 aliphatic carbocycles. The second-order valence-corrected chi connectivity index (χ2v) is 10.00. The molecule has 9 heteroatoms. The summed E-state index contributed by atoms with van der Waals surface area (Å²) in [4.78, 5) is 37.0. The number of ether oxygens (including phenoxy) is 1. The summed E-state index contributed by atoms with van der Waals surface area (Å²) in [6.07, 6.45) is 3.29. The normalized spacial score (nSPS) is 19.6. The Morgan fingerprint density at radius 2 is 1.87 bits per heavy atom. The molecule has 2 aromatic heterocycles. The molecule has 0 radical (unpaired) electrons. The van der Waals surface area contributed by atoms with Gasteiger partial charge in [0.05, 0.1) is 0 Å². The largest absolute Gasteiger partial charge is 0.474 e. The summed E-state index contributed by atoms with van der Waals surface area (Å²) in [5.74, 6) is -2.74. The first-order valence-corrected chi connectivity index (χ1v) is 12.9. The molecule has 0 spiro atoms. The fourth-order valence-corrected chi connectivity index (χ4v) is 5.07. The molecule has 1 fully saturated rings. The van der Waals surface area contributed by atoms with Gasteiger partial charge in [-0.3, -0.25) is 14.6 Å². The quantitative estimate of drug-likeness (QED) is 0.449. The molecule has 1 N–H and O–H groups in total. The molecule has 1 aliphatic heterocycles. The first kappa shape index (κ1) is 25.8. The zero-order chi connectivity index (χ0) is 26.7. The van der Waals surface area contributed by atoms with Crippen LogP contribution >= 0.6 is 0 Å². The third-order valence-electron chi connectivity index (χ3n) is 7.19. The Balaban J connectivity index is 1.23. The number of carbonyl (C=O) groups is 2. The van der Waals surface area contributed by atoms with Crippen LogP contribution < -0.4 is 10.1 Å². The molecule has 198 valence electrons. The number of hydrogen-bond donors (Lipinski definition) is 1. The van der Waals surface area contributed by atoms with Gasteiger partial charge >= 0.3 is 0 Å². The standard InChI is InChI=1S/C29H30F2N4O3/c1-19(24-8-4-5-15-32-24)18-35-26(22-6-2-3-7-23(22)28(35)37)27(36)34-17-20-9-10-25(33-16-20)38-21-11-13-29(30,31)14-12-21/h2-10,15-16,19,21,26H,11-14,17-18H2,1H3,(H,34,36). The van der Waals surface area contributed by atoms with E-state index in [9.17, 15) is 18.4 Å². The first-order valence-electron chi connectivity index (χ1n) is 12.9. The maximum absolute atomic E-state index is 13.4. The molecular formula is C29H30F2N4O3. The summed E-state index contributed by atoms with van der Waals surface area (Å²) in [5.41, 5.74) is 2.82. The van der Waals surface area contributed by atoms with Gasteiger partial charge in [-0.25, -0.2) is 13.8 Å². The van der Waals surface area contributed by atoms with Crippen LogP contribution in [-0.2, 0) is 11.3 Å². The van der Waals surface area contributed by atoms with Crippen LogP contribution in [0.1, 0.15) is 71.7 Å². The molecule has 2 unspecified atom stereocenters. The van der Waals surface area contributed by atoms with Gasteiger partial charge in [-0.1, -0.05) is 37.3 Å². The topological polar surface area (TPSA) is 84.4 Å². The minimum Gasteiger partial charge on any atom is -0.474 e. The zero-order valence-electron chi connectivity index (χ0n) is 21.1. The van der Waals surface area contributed by atoms with Crippen molar-refractivity contribution in [2.45, 2.75) is 63.1 Å². The van der Waals surface area contributed by atoms with Crippen molar-refractivity contribution in [2.75, 3.05) is 6.54 Å². The molecule has 5 rings (SSSR count). The van der Waals surface area contributed by atoms with E-state index in [0.29, 0.717) is 36.4 Å². The number of carbonyl (C=O) groups excluding carboxylic acids is 2. The van der Waals surface area contributed by atoms with Gasteiger partial charge in [0.25, 0.3) is 5.91 Å². The van der Waals surface area contributed by atoms with E-state index in [-0.39, 0.29) is 43.2 Å². The minimum absolute atomic E-state index is 0.0584. The number of nitrogens with one attached hydrogen (secondary N) is 1. The third-order valence-corrected chi connectivity index (χ3v) is 7.19. The number of pyridine rings is 2. The highest BCUT2D eigenvalue weighted by atomic mass is 19.3. The number of alkyl halides is 2. The highest BCUT2D eigenvalue weighted by molar-refractivity contribution is 6.04. The average molecular weight is 521 g/mol. The van der Waals surface area contributed by atoms with Crippen LogP contribution in [0.25, 0.3) is 0 Å². The number of amides is 2. The molecule has 3 aromatic rings. The van der Waals surface area contributed by atoms with Gasteiger partial charge in [-0.2, -0.15) is 0 Å². The van der Waals surface area contributed by atoms with Crippen LogP contribution in [0.4, 0.5) is 8.78 Å². The molecule has 1 saturated carbocycles. The number of nitrogens with zero attached hydrogens (tertiary/aromatic N) is 3. The van der Waals surface area contributed by atoms with E-state index in [1.165, 1.54) is 0 Å². The van der Waals surface area contributed by atoms with E-state index >= 15 is 0 Å². The number of benzene rings is 1. The lowest BCUT2D eigenvalue weighted by molar-refractivity contribution is -0.125. The minimum atomic E-state index is -2.61. The Kier molecular flexibility index (Phi) is 7.35. The summed E-state index contributed by atoms with van der Waals surface area (Å²) >= 11 is 0. The van der Waals surface area contributed by atoms with Crippen molar-refractivity contribution in [2.24, 2.45) is 0 Å². The second-order valence-electron chi connectivity index (χ2n) is 10.00. The van der Waals surface area contributed by atoms with Crippen molar-refractivity contribution < 1.29 is 23.1 Å². The van der Waals surface area contributed by atoms with Gasteiger partial charge in [0.1, 0.15) is 12.1 Å². The van der Waals surface area contributed by atoms with Crippen molar-refractivity contribution in [1.29, 1.82) is 0 Å². The Hall–Kier alpha value is -3.88. The number of hydrogen-bond acceptors (Lipinski definition) is 5. The average Bonchev–Trinajstić information content (AvgIpc) is 3.21. The fourth-order valence-electron chi connectivity index (χ4n) is 5.07. The maximum atomic E-state index is 13.4. The van der Waals surface area contributed by atoms with E-state index < -0.39 is 12.0 Å². The number of halogens is 2. The molecule has 38 heavy (non-hydrogen) atoms. The Morgan fingerprint density at radius 1 is 1.11 bits per heavy atom. The van der Waals surface area contributed by atoms with Crippen LogP contribution in [-0.4, -0.2) is 45.3 Å². The molecule has 2 amide bonds. The molecule has 3 heterocycles. The molecular weight excluding hydrogens is 490 g/mol. The summed E-state index contributed by atoms with van der Waals surface area (Å²) in [5, 5.41) is 2.94. The van der Waals surface area contributed by atoms with Crippen LogP contribution in [0.5, 0.6) is 5.88 Å². The highest BCUT2D eigenvalue weighted by Crippen LogP contribution is 2.36. The van der Waals surface area contributed by atoms with Gasteiger partial charge in [0.15, 0.2) is 0 Å². The maximum Gasteiger partial charge on any atom is 0.255 e. The fraction of sp³-hybridized carbons (Fsp3) is 0.379. The third kappa shape index (κ3) is 5.66. The highest BCUT2D eigenvalue weighted by Gasteiger charge is 2.41. The van der Waals surface area contributed by atoms with E-state index in [0.717, 1.165) is 11.3 Å². The predicted octanol–water partition coefficient (Wildman–Crippen LogP) is 5.05. The van der Waals surface area contributed by atoms with Crippen LogP contribution in [0.2, 0.25) is 0 Å². The first-order chi connectivity index (χ1) is 18.3. The van der Waals surface area contributed by atoms with Crippen molar-refractivity contribution in [3.63, 3.8) is 0 Å². The van der Waals surface area contributed by atoms with Crippen molar-refractivity contribution >= 4 is 11.8 Å². The SMILES string of the molecule is CC(CN1C(=O)c2ccccc2C1C(=O)NCc1ccc(OC2CCC(F)(F)CC2)nc1)c1ccccn1. The summed E-state index contributed by atoms with van der Waals surface area (Å²) in [6.45, 7) is 2.56. The van der Waals surface area contributed by atoms with Gasteiger partial charge in [0.2, 0.25) is 17.7 Å². The van der Waals surface area contributed by atoms with Gasteiger partial charge < -0.3 is 15.0 Å². The van der Waals surface area contributed by atoms with Gasteiger partial charge in [-0.15, -0.1) is 0 Å².